The van der Waals surface area contributed by atoms with Crippen LogP contribution in [0.2, 0.25) is 0 Å². The summed E-state index contributed by atoms with van der Waals surface area (Å²) in [7, 11) is 0. The van der Waals surface area contributed by atoms with Crippen LogP contribution in [-0.2, 0) is 9.53 Å². The normalized spacial score (nSPS) is 17.3. The van der Waals surface area contributed by atoms with E-state index in [9.17, 15) is 4.79 Å². The van der Waals surface area contributed by atoms with Crippen molar-refractivity contribution < 1.29 is 19.0 Å². The van der Waals surface area contributed by atoms with E-state index in [0.717, 1.165) is 55.5 Å². The zero-order chi connectivity index (χ0) is 19.2. The Kier molecular flexibility index (Phi) is 6.09. The molecule has 1 atom stereocenters. The number of ether oxygens (including phenoxy) is 3. The molecule has 0 aliphatic carbocycles. The van der Waals surface area contributed by atoms with Crippen molar-refractivity contribution >= 4 is 5.91 Å². The van der Waals surface area contributed by atoms with Gasteiger partial charge >= 0.3 is 0 Å². The maximum atomic E-state index is 12.7. The van der Waals surface area contributed by atoms with Crippen molar-refractivity contribution in [1.29, 1.82) is 0 Å². The van der Waals surface area contributed by atoms with E-state index < -0.39 is 0 Å². The molecule has 6 heteroatoms. The van der Waals surface area contributed by atoms with Crippen LogP contribution < -0.4 is 14.8 Å². The van der Waals surface area contributed by atoms with Gasteiger partial charge in [0.15, 0.2) is 11.5 Å². The van der Waals surface area contributed by atoms with E-state index in [-0.39, 0.29) is 18.6 Å². The molecule has 4 rings (SSSR count). The van der Waals surface area contributed by atoms with Crippen LogP contribution in [0.25, 0.3) is 0 Å². The third-order valence-electron chi connectivity index (χ3n) is 5.24. The second-order valence-electron chi connectivity index (χ2n) is 7.08. The summed E-state index contributed by atoms with van der Waals surface area (Å²) in [6.45, 7) is 5.16. The minimum absolute atomic E-state index is 0.0286. The van der Waals surface area contributed by atoms with Crippen molar-refractivity contribution in [3.05, 3.63) is 59.7 Å². The molecule has 2 heterocycles. The van der Waals surface area contributed by atoms with E-state index in [1.165, 1.54) is 0 Å². The molecule has 28 heavy (non-hydrogen) atoms. The molecule has 148 valence electrons. The van der Waals surface area contributed by atoms with Gasteiger partial charge in [-0.15, -0.1) is 0 Å². The average Bonchev–Trinajstić information content (AvgIpc) is 3.21. The van der Waals surface area contributed by atoms with Gasteiger partial charge in [-0.3, -0.25) is 9.69 Å². The van der Waals surface area contributed by atoms with E-state index in [4.69, 9.17) is 14.2 Å². The third kappa shape index (κ3) is 4.64. The van der Waals surface area contributed by atoms with Gasteiger partial charge in [0, 0.05) is 38.5 Å². The van der Waals surface area contributed by atoms with Crippen LogP contribution in [0.3, 0.4) is 0 Å². The number of hydrogen-bond donors (Lipinski definition) is 1. The van der Waals surface area contributed by atoms with Crippen molar-refractivity contribution in [3.8, 4) is 11.5 Å². The first kappa shape index (κ1) is 18.8. The molecule has 1 unspecified atom stereocenters. The Morgan fingerprint density at radius 3 is 2.61 bits per heavy atom. The van der Waals surface area contributed by atoms with E-state index in [0.29, 0.717) is 13.0 Å². The minimum atomic E-state index is -0.0286. The number of carbonyl (C=O) groups excluding carboxylic acids is 1. The highest BCUT2D eigenvalue weighted by molar-refractivity contribution is 5.77. The monoisotopic (exact) mass is 382 g/mol. The lowest BCUT2D eigenvalue weighted by molar-refractivity contribution is -0.121. The Hall–Kier alpha value is -2.57. The average molecular weight is 382 g/mol. The summed E-state index contributed by atoms with van der Waals surface area (Å²) in [5, 5.41) is 3.07. The maximum Gasteiger partial charge on any atom is 0.231 e. The summed E-state index contributed by atoms with van der Waals surface area (Å²) in [6, 6.07) is 16.1. The second kappa shape index (κ2) is 9.08. The van der Waals surface area contributed by atoms with Gasteiger partial charge in [-0.1, -0.05) is 36.4 Å². The number of morpholine rings is 1. The molecule has 0 aromatic heterocycles. The summed E-state index contributed by atoms with van der Waals surface area (Å²) in [5.41, 5.74) is 2.17. The highest BCUT2D eigenvalue weighted by Gasteiger charge is 2.22. The first-order chi connectivity index (χ1) is 13.8. The number of rotatable bonds is 7. The molecule has 2 aromatic rings. The predicted octanol–water partition coefficient (Wildman–Crippen LogP) is 2.39. The van der Waals surface area contributed by atoms with E-state index in [1.807, 2.05) is 36.4 Å². The highest BCUT2D eigenvalue weighted by Crippen LogP contribution is 2.37. The summed E-state index contributed by atoms with van der Waals surface area (Å²) in [5.74, 6) is 1.52. The fraction of sp³-hybridized carbons (Fsp3) is 0.409. The van der Waals surface area contributed by atoms with Crippen molar-refractivity contribution in [2.75, 3.05) is 46.2 Å². The molecular formula is C22H26N2O4. The number of carbonyl (C=O) groups is 1. The van der Waals surface area contributed by atoms with Gasteiger partial charge in [-0.25, -0.2) is 0 Å². The van der Waals surface area contributed by atoms with Gasteiger partial charge in [0.25, 0.3) is 0 Å². The first-order valence-corrected chi connectivity index (χ1v) is 9.81. The molecule has 2 aliphatic heterocycles. The predicted molar refractivity (Wildman–Crippen MR) is 106 cm³/mol. The summed E-state index contributed by atoms with van der Waals surface area (Å²) >= 11 is 0. The largest absolute Gasteiger partial charge is 0.454 e. The molecule has 0 bridgehead atoms. The highest BCUT2D eigenvalue weighted by atomic mass is 16.7. The van der Waals surface area contributed by atoms with Gasteiger partial charge in [0.2, 0.25) is 12.7 Å². The molecule has 2 aromatic carbocycles. The maximum absolute atomic E-state index is 12.7. The zero-order valence-electron chi connectivity index (χ0n) is 15.9. The number of benzene rings is 2. The zero-order valence-corrected chi connectivity index (χ0v) is 15.9. The van der Waals surface area contributed by atoms with Crippen molar-refractivity contribution in [2.24, 2.45) is 0 Å². The van der Waals surface area contributed by atoms with Crippen molar-refractivity contribution in [1.82, 2.24) is 10.2 Å². The number of fused-ring (bicyclic) bond motifs is 1. The van der Waals surface area contributed by atoms with Crippen LogP contribution in [-0.4, -0.2) is 57.0 Å². The Bertz CT molecular complexity index is 790. The minimum Gasteiger partial charge on any atom is -0.454 e. The summed E-state index contributed by atoms with van der Waals surface area (Å²) in [4.78, 5) is 15.0. The van der Waals surface area contributed by atoms with Gasteiger partial charge in [-0.2, -0.15) is 0 Å². The Morgan fingerprint density at radius 1 is 1.00 bits per heavy atom. The topological polar surface area (TPSA) is 60.0 Å². The molecule has 6 nitrogen and oxygen atoms in total. The molecule has 1 fully saturated rings. The fourth-order valence-corrected chi connectivity index (χ4v) is 3.68. The van der Waals surface area contributed by atoms with Gasteiger partial charge in [0.1, 0.15) is 0 Å². The van der Waals surface area contributed by atoms with Crippen LogP contribution in [0.4, 0.5) is 0 Å². The second-order valence-corrected chi connectivity index (χ2v) is 7.08. The molecule has 0 spiro atoms. The summed E-state index contributed by atoms with van der Waals surface area (Å²) < 4.78 is 16.3. The van der Waals surface area contributed by atoms with Crippen LogP contribution in [0.15, 0.2) is 48.5 Å². The van der Waals surface area contributed by atoms with Crippen molar-refractivity contribution in [2.45, 2.75) is 12.3 Å². The number of nitrogens with one attached hydrogen (secondary N) is 1. The Labute approximate surface area is 165 Å². The first-order valence-electron chi connectivity index (χ1n) is 9.81. The van der Waals surface area contributed by atoms with Gasteiger partial charge < -0.3 is 19.5 Å². The molecule has 1 amide bonds. The smallest absolute Gasteiger partial charge is 0.231 e. The third-order valence-corrected chi connectivity index (χ3v) is 5.24. The molecule has 1 N–H and O–H groups in total. The van der Waals surface area contributed by atoms with E-state index in [1.54, 1.807) is 0 Å². The molecule has 0 radical (unpaired) electrons. The van der Waals surface area contributed by atoms with Crippen LogP contribution in [0.5, 0.6) is 11.5 Å². The quantitative estimate of drug-likeness (QED) is 0.797. The lowest BCUT2D eigenvalue weighted by atomic mass is 9.88. The SMILES string of the molecule is O=C(CC(c1ccccc1)c1ccc2c(c1)OCO2)NCCN1CCOCC1. The Balaban J connectivity index is 1.41. The van der Waals surface area contributed by atoms with Crippen molar-refractivity contribution in [3.63, 3.8) is 0 Å². The standard InChI is InChI=1S/C22H26N2O4/c25-22(23-8-9-24-10-12-26-13-11-24)15-19(17-4-2-1-3-5-17)18-6-7-20-21(14-18)28-16-27-20/h1-7,14,19H,8-13,15-16H2,(H,23,25). The van der Waals surface area contributed by atoms with E-state index >= 15 is 0 Å². The summed E-state index contributed by atoms with van der Waals surface area (Å²) in [6.07, 6.45) is 0.396. The molecule has 2 aliphatic rings. The lowest BCUT2D eigenvalue weighted by Gasteiger charge is -2.26. The van der Waals surface area contributed by atoms with Gasteiger partial charge in [0.05, 0.1) is 13.2 Å². The van der Waals surface area contributed by atoms with Crippen LogP contribution in [0, 0.1) is 0 Å². The molecule has 0 saturated carbocycles. The number of hydrogen-bond acceptors (Lipinski definition) is 5. The Morgan fingerprint density at radius 2 is 1.79 bits per heavy atom. The number of amides is 1. The fourth-order valence-electron chi connectivity index (χ4n) is 3.68. The van der Waals surface area contributed by atoms with Gasteiger partial charge in [-0.05, 0) is 23.3 Å². The van der Waals surface area contributed by atoms with E-state index in [2.05, 4.69) is 22.3 Å². The lowest BCUT2D eigenvalue weighted by Crippen LogP contribution is -2.41. The molecular weight excluding hydrogens is 356 g/mol. The number of nitrogens with zero attached hydrogens (tertiary/aromatic N) is 1. The molecule has 1 saturated heterocycles. The van der Waals surface area contributed by atoms with Crippen LogP contribution >= 0.6 is 0 Å². The van der Waals surface area contributed by atoms with Crippen LogP contribution in [0.1, 0.15) is 23.5 Å².